The molecule has 1 N–H and O–H groups in total. The number of rotatable bonds is 6. The number of hydrogen-bond acceptors (Lipinski definition) is 8. The minimum absolute atomic E-state index is 0.105. The summed E-state index contributed by atoms with van der Waals surface area (Å²) in [5.74, 6) is -0.237. The first-order chi connectivity index (χ1) is 12.3. The zero-order chi connectivity index (χ0) is 18.7. The van der Waals surface area contributed by atoms with Gasteiger partial charge in [-0.05, 0) is 24.6 Å². The number of anilines is 1. The summed E-state index contributed by atoms with van der Waals surface area (Å²) in [6.45, 7) is 3.60. The highest BCUT2D eigenvalue weighted by Crippen LogP contribution is 2.26. The zero-order valence-corrected chi connectivity index (χ0v) is 16.3. The third kappa shape index (κ3) is 4.50. The van der Waals surface area contributed by atoms with Crippen molar-refractivity contribution < 1.29 is 17.9 Å². The molecule has 2 aromatic rings. The number of carbonyl (C=O) groups excluding carboxylic acids is 1. The Labute approximate surface area is 160 Å². The molecule has 26 heavy (non-hydrogen) atoms. The Morgan fingerprint density at radius 1 is 1.38 bits per heavy atom. The Morgan fingerprint density at radius 2 is 2.19 bits per heavy atom. The molecule has 2 heterocycles. The van der Waals surface area contributed by atoms with E-state index in [4.69, 9.17) is 16.3 Å². The van der Waals surface area contributed by atoms with Crippen molar-refractivity contribution in [2.24, 2.45) is 0 Å². The van der Waals surface area contributed by atoms with Gasteiger partial charge < -0.3 is 4.74 Å². The van der Waals surface area contributed by atoms with Gasteiger partial charge in [0.05, 0.1) is 11.4 Å². The largest absolute Gasteiger partial charge is 0.463 e. The van der Waals surface area contributed by atoms with Gasteiger partial charge >= 0.3 is 5.97 Å². The lowest BCUT2D eigenvalue weighted by molar-refractivity contribution is -0.150. The quantitative estimate of drug-likeness (QED) is 0.715. The summed E-state index contributed by atoms with van der Waals surface area (Å²) in [5.41, 5.74) is 0.475. The van der Waals surface area contributed by atoms with Gasteiger partial charge in [0.1, 0.15) is 11.6 Å². The predicted molar refractivity (Wildman–Crippen MR) is 98.0 cm³/mol. The van der Waals surface area contributed by atoms with E-state index in [-0.39, 0.29) is 22.5 Å². The van der Waals surface area contributed by atoms with Crippen LogP contribution in [-0.2, 0) is 26.0 Å². The van der Waals surface area contributed by atoms with Gasteiger partial charge in [-0.25, -0.2) is 8.42 Å². The van der Waals surface area contributed by atoms with E-state index in [1.807, 2.05) is 4.90 Å². The van der Waals surface area contributed by atoms with Crippen molar-refractivity contribution in [2.45, 2.75) is 18.2 Å². The van der Waals surface area contributed by atoms with Gasteiger partial charge in [0, 0.05) is 24.5 Å². The van der Waals surface area contributed by atoms with Gasteiger partial charge in [-0.15, -0.1) is 10.2 Å². The number of nitrogens with zero attached hydrogens (tertiary/aromatic N) is 3. The van der Waals surface area contributed by atoms with Gasteiger partial charge in [-0.3, -0.25) is 14.4 Å². The third-order valence-corrected chi connectivity index (χ3v) is 6.78. The van der Waals surface area contributed by atoms with Gasteiger partial charge in [-0.2, -0.15) is 0 Å². The summed E-state index contributed by atoms with van der Waals surface area (Å²) >= 11 is 7.16. The van der Waals surface area contributed by atoms with Crippen LogP contribution in [0.2, 0.25) is 5.02 Å². The van der Waals surface area contributed by atoms with Crippen molar-refractivity contribution in [3.63, 3.8) is 0 Å². The van der Waals surface area contributed by atoms with E-state index in [1.165, 1.54) is 17.4 Å². The molecule has 0 spiro atoms. The second-order valence-corrected chi connectivity index (χ2v) is 8.84. The smallest absolute Gasteiger partial charge is 0.320 e. The fraction of sp³-hybridized carbons (Fsp3) is 0.400. The zero-order valence-electron chi connectivity index (χ0n) is 13.9. The van der Waals surface area contributed by atoms with E-state index >= 15 is 0 Å². The standard InChI is InChI=1S/C15H17ClN4O4S2/c1-10-11(16)3-2-4-12(10)26(22,23)19-15-18-17-13(25-15)5-6-20-7-8-24-14(21)9-20/h2-4H,5-9H2,1H3,(H,18,19). The Morgan fingerprint density at radius 3 is 2.96 bits per heavy atom. The Balaban J connectivity index is 1.64. The van der Waals surface area contributed by atoms with Crippen molar-refractivity contribution in [2.75, 3.05) is 31.0 Å². The van der Waals surface area contributed by atoms with E-state index in [0.717, 1.165) is 0 Å². The molecular formula is C15H17ClN4O4S2. The van der Waals surface area contributed by atoms with Crippen molar-refractivity contribution in [3.05, 3.63) is 33.8 Å². The van der Waals surface area contributed by atoms with Crippen molar-refractivity contribution in [1.82, 2.24) is 15.1 Å². The molecule has 0 unspecified atom stereocenters. The molecule has 1 aliphatic rings. The van der Waals surface area contributed by atoms with Gasteiger partial charge in [-0.1, -0.05) is 29.0 Å². The van der Waals surface area contributed by atoms with Crippen molar-refractivity contribution >= 4 is 44.1 Å². The summed E-state index contributed by atoms with van der Waals surface area (Å²) in [4.78, 5) is 13.3. The van der Waals surface area contributed by atoms with Gasteiger partial charge in [0.2, 0.25) is 5.13 Å². The number of esters is 1. The fourth-order valence-corrected chi connectivity index (χ4v) is 4.94. The van der Waals surface area contributed by atoms with Crippen LogP contribution in [0.3, 0.4) is 0 Å². The molecule has 0 atom stereocenters. The second-order valence-electron chi connectivity index (χ2n) is 5.72. The molecule has 0 aliphatic carbocycles. The van der Waals surface area contributed by atoms with Crippen LogP contribution >= 0.6 is 22.9 Å². The highest BCUT2D eigenvalue weighted by atomic mass is 35.5. The number of morpholine rings is 1. The molecule has 0 radical (unpaired) electrons. The van der Waals surface area contributed by atoms with Gasteiger partial charge in [0.25, 0.3) is 10.0 Å². The Hall–Kier alpha value is -1.75. The summed E-state index contributed by atoms with van der Waals surface area (Å²) in [7, 11) is -3.79. The normalized spacial score (nSPS) is 15.7. The SMILES string of the molecule is Cc1c(Cl)cccc1S(=O)(=O)Nc1nnc(CCN2CCOC(=O)C2)s1. The number of benzene rings is 1. The van der Waals surface area contributed by atoms with E-state index < -0.39 is 10.0 Å². The number of halogens is 1. The number of carbonyl (C=O) groups is 1. The summed E-state index contributed by atoms with van der Waals surface area (Å²) in [6.07, 6.45) is 0.572. The molecule has 11 heteroatoms. The van der Waals surface area contributed by atoms with Crippen molar-refractivity contribution in [3.8, 4) is 0 Å². The average Bonchev–Trinajstić information content (AvgIpc) is 3.02. The molecule has 1 saturated heterocycles. The van der Waals surface area contributed by atoms with Crippen LogP contribution < -0.4 is 4.72 Å². The third-order valence-electron chi connectivity index (χ3n) is 3.86. The van der Waals surface area contributed by atoms with Crippen LogP contribution in [0.15, 0.2) is 23.1 Å². The highest BCUT2D eigenvalue weighted by molar-refractivity contribution is 7.93. The van der Waals surface area contributed by atoms with E-state index in [2.05, 4.69) is 14.9 Å². The second kappa shape index (κ2) is 7.87. The van der Waals surface area contributed by atoms with Crippen LogP contribution in [-0.4, -0.2) is 55.7 Å². The fourth-order valence-electron chi connectivity index (χ4n) is 2.49. The molecule has 0 bridgehead atoms. The lowest BCUT2D eigenvalue weighted by Gasteiger charge is -2.24. The number of nitrogens with one attached hydrogen (secondary N) is 1. The Kier molecular flexibility index (Phi) is 5.76. The molecule has 140 valence electrons. The minimum atomic E-state index is -3.79. The van der Waals surface area contributed by atoms with Crippen LogP contribution in [0.4, 0.5) is 5.13 Å². The number of cyclic esters (lactones) is 1. The number of sulfonamides is 1. The first kappa shape index (κ1) is 19.0. The predicted octanol–water partition coefficient (Wildman–Crippen LogP) is 1.70. The molecule has 3 rings (SSSR count). The van der Waals surface area contributed by atoms with Crippen LogP contribution in [0.25, 0.3) is 0 Å². The lowest BCUT2D eigenvalue weighted by atomic mass is 10.2. The van der Waals surface area contributed by atoms with E-state index in [0.29, 0.717) is 41.7 Å². The maximum absolute atomic E-state index is 12.5. The summed E-state index contributed by atoms with van der Waals surface area (Å²) in [5, 5.41) is 9.16. The molecule has 8 nitrogen and oxygen atoms in total. The average molecular weight is 417 g/mol. The monoisotopic (exact) mass is 416 g/mol. The van der Waals surface area contributed by atoms with Crippen LogP contribution in [0.1, 0.15) is 10.6 Å². The lowest BCUT2D eigenvalue weighted by Crippen LogP contribution is -2.40. The molecule has 1 aliphatic heterocycles. The van der Waals surface area contributed by atoms with Crippen LogP contribution in [0.5, 0.6) is 0 Å². The maximum atomic E-state index is 12.5. The first-order valence-electron chi connectivity index (χ1n) is 7.83. The molecule has 1 aromatic carbocycles. The maximum Gasteiger partial charge on any atom is 0.320 e. The van der Waals surface area contributed by atoms with Gasteiger partial charge in [0.15, 0.2) is 0 Å². The molecule has 0 amide bonds. The molecular weight excluding hydrogens is 400 g/mol. The number of ether oxygens (including phenoxy) is 1. The van der Waals surface area contributed by atoms with E-state index in [9.17, 15) is 13.2 Å². The van der Waals surface area contributed by atoms with E-state index in [1.54, 1.807) is 19.1 Å². The topological polar surface area (TPSA) is 101 Å². The minimum Gasteiger partial charge on any atom is -0.463 e. The van der Waals surface area contributed by atoms with Crippen molar-refractivity contribution in [1.29, 1.82) is 0 Å². The highest BCUT2D eigenvalue weighted by Gasteiger charge is 2.21. The first-order valence-corrected chi connectivity index (χ1v) is 10.5. The number of aromatic nitrogens is 2. The summed E-state index contributed by atoms with van der Waals surface area (Å²) < 4.78 is 32.4. The number of hydrogen-bond donors (Lipinski definition) is 1. The summed E-state index contributed by atoms with van der Waals surface area (Å²) in [6, 6.07) is 4.70. The van der Waals surface area contributed by atoms with Crippen LogP contribution in [0, 0.1) is 6.92 Å². The molecule has 0 saturated carbocycles. The molecule has 1 aromatic heterocycles. The molecule has 1 fully saturated rings. The Bertz CT molecular complexity index is 916.